The molecule has 0 aliphatic carbocycles. The van der Waals surface area contributed by atoms with Crippen LogP contribution in [0.25, 0.3) is 16.6 Å². The van der Waals surface area contributed by atoms with Gasteiger partial charge in [0, 0.05) is 37.8 Å². The van der Waals surface area contributed by atoms with Crippen LogP contribution in [0.1, 0.15) is 5.56 Å². The van der Waals surface area contributed by atoms with E-state index >= 15 is 0 Å². The maximum atomic E-state index is 12.7. The van der Waals surface area contributed by atoms with Crippen LogP contribution in [-0.2, 0) is 0 Å². The van der Waals surface area contributed by atoms with Gasteiger partial charge < -0.3 is 14.5 Å². The molecule has 4 aromatic rings. The number of hydrogen-bond acceptors (Lipinski definition) is 8. The van der Waals surface area contributed by atoms with Gasteiger partial charge in [-0.2, -0.15) is 18.6 Å². The number of rotatable bonds is 4. The predicted molar refractivity (Wildman–Crippen MR) is 108 cm³/mol. The summed E-state index contributed by atoms with van der Waals surface area (Å²) in [6.07, 6.45) is 3.07. The number of benzene rings is 1. The van der Waals surface area contributed by atoms with E-state index in [0.717, 1.165) is 5.82 Å². The maximum absolute atomic E-state index is 12.7. The van der Waals surface area contributed by atoms with Gasteiger partial charge in [0.25, 0.3) is 0 Å². The molecule has 0 unspecified atom stereocenters. The van der Waals surface area contributed by atoms with Crippen LogP contribution in [0, 0.1) is 11.3 Å². The summed E-state index contributed by atoms with van der Waals surface area (Å²) < 4.78 is 31.5. The number of piperazine rings is 1. The number of nitriles is 1. The van der Waals surface area contributed by atoms with Crippen molar-refractivity contribution in [2.75, 3.05) is 36.0 Å². The highest BCUT2D eigenvalue weighted by molar-refractivity contribution is 5.95. The smallest absolute Gasteiger partial charge is 0.387 e. The van der Waals surface area contributed by atoms with Crippen molar-refractivity contribution < 1.29 is 13.5 Å². The summed E-state index contributed by atoms with van der Waals surface area (Å²) in [7, 11) is 0. The van der Waals surface area contributed by atoms with E-state index in [4.69, 9.17) is 0 Å². The number of nitrogens with zero attached hydrogens (tertiary/aromatic N) is 8. The zero-order valence-corrected chi connectivity index (χ0v) is 16.2. The molecule has 0 atom stereocenters. The first kappa shape index (κ1) is 18.9. The summed E-state index contributed by atoms with van der Waals surface area (Å²) in [5.74, 6) is 0.838. The van der Waals surface area contributed by atoms with Gasteiger partial charge in [-0.05, 0) is 30.3 Å². The summed E-state index contributed by atoms with van der Waals surface area (Å²) in [6.45, 7) is -0.344. The first-order valence-corrected chi connectivity index (χ1v) is 9.57. The molecule has 1 saturated heterocycles. The van der Waals surface area contributed by atoms with Gasteiger partial charge in [-0.1, -0.05) is 0 Å². The minimum atomic E-state index is -2.92. The van der Waals surface area contributed by atoms with Gasteiger partial charge in [0.2, 0.25) is 0 Å². The molecule has 0 N–H and O–H groups in total. The third-order valence-electron chi connectivity index (χ3n) is 5.22. The highest BCUT2D eigenvalue weighted by atomic mass is 19.3. The molecule has 9 nitrogen and oxygen atoms in total. The Kier molecular flexibility index (Phi) is 4.66. The molecule has 1 aliphatic rings. The highest BCUT2D eigenvalue weighted by Crippen LogP contribution is 2.33. The molecule has 1 aliphatic heterocycles. The van der Waals surface area contributed by atoms with Crippen LogP contribution in [-0.4, -0.2) is 57.6 Å². The van der Waals surface area contributed by atoms with E-state index in [0.29, 0.717) is 54.0 Å². The summed E-state index contributed by atoms with van der Waals surface area (Å²) in [6, 6.07) is 10.5. The minimum Gasteiger partial charge on any atom is -0.435 e. The van der Waals surface area contributed by atoms with Gasteiger partial charge >= 0.3 is 6.61 Å². The molecule has 4 heterocycles. The molecule has 156 valence electrons. The van der Waals surface area contributed by atoms with Gasteiger partial charge in [-0.3, -0.25) is 4.98 Å². The molecule has 11 heteroatoms. The third kappa shape index (κ3) is 3.52. The molecular weight excluding hydrogens is 406 g/mol. The first-order chi connectivity index (χ1) is 15.1. The molecule has 5 rings (SSSR count). The van der Waals surface area contributed by atoms with Crippen LogP contribution in [0.5, 0.6) is 5.75 Å². The van der Waals surface area contributed by atoms with Crippen molar-refractivity contribution in [1.82, 2.24) is 24.8 Å². The number of aromatic nitrogens is 5. The average Bonchev–Trinajstić information content (AvgIpc) is 3.26. The van der Waals surface area contributed by atoms with E-state index < -0.39 is 6.61 Å². The molecule has 31 heavy (non-hydrogen) atoms. The zero-order chi connectivity index (χ0) is 21.4. The molecule has 1 fully saturated rings. The Hall–Kier alpha value is -4.07. The molecule has 0 bridgehead atoms. The highest BCUT2D eigenvalue weighted by Gasteiger charge is 2.23. The van der Waals surface area contributed by atoms with Crippen molar-refractivity contribution in [3.8, 4) is 11.8 Å². The van der Waals surface area contributed by atoms with Crippen molar-refractivity contribution in [3.63, 3.8) is 0 Å². The van der Waals surface area contributed by atoms with E-state index in [1.54, 1.807) is 16.9 Å². The van der Waals surface area contributed by atoms with Gasteiger partial charge in [-0.25, -0.2) is 0 Å². The lowest BCUT2D eigenvalue weighted by atomic mass is 10.1. The lowest BCUT2D eigenvalue weighted by Crippen LogP contribution is -2.47. The number of hydrogen-bond donors (Lipinski definition) is 0. The fourth-order valence-electron chi connectivity index (χ4n) is 3.80. The number of ether oxygens (including phenoxy) is 1. The van der Waals surface area contributed by atoms with Crippen LogP contribution in [0.4, 0.5) is 20.3 Å². The zero-order valence-electron chi connectivity index (χ0n) is 16.2. The average molecular weight is 422 g/mol. The van der Waals surface area contributed by atoms with Gasteiger partial charge in [-0.15, -0.1) is 15.3 Å². The second-order valence-electron chi connectivity index (χ2n) is 6.99. The number of fused-ring (bicyclic) bond motifs is 2. The van der Waals surface area contributed by atoms with Crippen molar-refractivity contribution in [2.45, 2.75) is 6.61 Å². The second-order valence-corrected chi connectivity index (χ2v) is 6.99. The van der Waals surface area contributed by atoms with E-state index in [1.807, 2.05) is 12.1 Å². The lowest BCUT2D eigenvalue weighted by molar-refractivity contribution is -0.0497. The summed E-state index contributed by atoms with van der Waals surface area (Å²) in [5, 5.41) is 22.6. The number of halogens is 2. The quantitative estimate of drug-likeness (QED) is 0.495. The first-order valence-electron chi connectivity index (χ1n) is 9.57. The fraction of sp³-hybridized carbons (Fsp3) is 0.250. The predicted octanol–water partition coefficient (Wildman–Crippen LogP) is 2.47. The number of pyridine rings is 1. The normalized spacial score (nSPS) is 14.4. The van der Waals surface area contributed by atoms with Gasteiger partial charge in [0.15, 0.2) is 5.65 Å². The molecule has 1 aromatic carbocycles. The summed E-state index contributed by atoms with van der Waals surface area (Å²) in [4.78, 5) is 8.49. The van der Waals surface area contributed by atoms with E-state index in [2.05, 4.69) is 40.9 Å². The Morgan fingerprint density at radius 2 is 1.87 bits per heavy atom. The van der Waals surface area contributed by atoms with E-state index in [1.165, 1.54) is 18.3 Å². The Balaban J connectivity index is 1.44. The Bertz CT molecular complexity index is 1290. The topological polar surface area (TPSA) is 95.5 Å². The van der Waals surface area contributed by atoms with E-state index in [-0.39, 0.29) is 5.75 Å². The van der Waals surface area contributed by atoms with Crippen LogP contribution < -0.4 is 14.5 Å². The van der Waals surface area contributed by atoms with Crippen LogP contribution in [0.15, 0.2) is 42.9 Å². The van der Waals surface area contributed by atoms with Gasteiger partial charge in [0.1, 0.15) is 24.0 Å². The largest absolute Gasteiger partial charge is 0.435 e. The minimum absolute atomic E-state index is 0.0331. The molecule has 0 amide bonds. The molecule has 0 radical (unpaired) electrons. The second kappa shape index (κ2) is 7.64. The third-order valence-corrected chi connectivity index (χ3v) is 5.22. The molecular formula is C20H16F2N8O. The molecule has 0 spiro atoms. The van der Waals surface area contributed by atoms with E-state index in [9.17, 15) is 14.0 Å². The monoisotopic (exact) mass is 422 g/mol. The van der Waals surface area contributed by atoms with Crippen molar-refractivity contribution in [3.05, 3.63) is 48.4 Å². The Morgan fingerprint density at radius 1 is 1.06 bits per heavy atom. The standard InChI is InChI=1S/C20H16F2N8O/c21-20(22)31-14-1-2-16-15(9-14)19(13(10-23)11-24-16)29-7-5-28(6-8-29)18-4-3-17-26-25-12-30(17)27-18/h1-4,9,11-12,20H,5-8H2. The Morgan fingerprint density at radius 3 is 2.65 bits per heavy atom. The number of alkyl halides is 2. The van der Waals surface area contributed by atoms with Crippen molar-refractivity contribution in [2.24, 2.45) is 0 Å². The fourth-order valence-corrected chi connectivity index (χ4v) is 3.80. The lowest BCUT2D eigenvalue weighted by Gasteiger charge is -2.37. The van der Waals surface area contributed by atoms with Crippen molar-refractivity contribution in [1.29, 1.82) is 5.26 Å². The van der Waals surface area contributed by atoms with Gasteiger partial charge in [0.05, 0.1) is 16.8 Å². The summed E-state index contributed by atoms with van der Waals surface area (Å²) >= 11 is 0. The molecule has 3 aromatic heterocycles. The SMILES string of the molecule is N#Cc1cnc2ccc(OC(F)F)cc2c1N1CCN(c2ccc3nncn3n2)CC1. The van der Waals surface area contributed by atoms with Crippen LogP contribution in [0.2, 0.25) is 0 Å². The maximum Gasteiger partial charge on any atom is 0.387 e. The number of anilines is 2. The van der Waals surface area contributed by atoms with Crippen molar-refractivity contribution >= 4 is 28.1 Å². The Labute approximate surface area is 175 Å². The van der Waals surface area contributed by atoms with Crippen LogP contribution in [0.3, 0.4) is 0 Å². The van der Waals surface area contributed by atoms with Crippen LogP contribution >= 0.6 is 0 Å². The molecule has 0 saturated carbocycles. The summed E-state index contributed by atoms with van der Waals surface area (Å²) in [5.41, 5.74) is 2.34.